The van der Waals surface area contributed by atoms with Gasteiger partial charge in [0.05, 0.1) is 11.7 Å². The third kappa shape index (κ3) is 3.52. The fraction of sp³-hybridized carbons (Fsp3) is 0.467. The highest BCUT2D eigenvalue weighted by atomic mass is 16.4. The first-order valence-corrected chi connectivity index (χ1v) is 6.96. The van der Waals surface area contributed by atoms with Gasteiger partial charge in [-0.05, 0) is 37.0 Å². The molecule has 2 unspecified atom stereocenters. The molecule has 6 heteroatoms. The van der Waals surface area contributed by atoms with Gasteiger partial charge in [-0.3, -0.25) is 0 Å². The Morgan fingerprint density at radius 1 is 1.38 bits per heavy atom. The van der Waals surface area contributed by atoms with Crippen molar-refractivity contribution in [2.24, 2.45) is 5.92 Å². The van der Waals surface area contributed by atoms with E-state index < -0.39 is 5.97 Å². The Labute approximate surface area is 123 Å². The number of hydrogen-bond donors (Lipinski definition) is 3. The van der Waals surface area contributed by atoms with Gasteiger partial charge in [-0.2, -0.15) is 0 Å². The molecule has 114 valence electrons. The highest BCUT2D eigenvalue weighted by molar-refractivity contribution is 5.94. The van der Waals surface area contributed by atoms with Gasteiger partial charge in [-0.15, -0.1) is 0 Å². The molecule has 1 saturated heterocycles. The molecule has 2 amide bonds. The number of anilines is 1. The van der Waals surface area contributed by atoms with Gasteiger partial charge in [0.25, 0.3) is 0 Å². The van der Waals surface area contributed by atoms with Crippen molar-refractivity contribution in [3.63, 3.8) is 0 Å². The topological polar surface area (TPSA) is 89.9 Å². The Hall–Kier alpha value is -2.08. The van der Waals surface area contributed by atoms with Crippen LogP contribution in [0.15, 0.2) is 18.2 Å². The number of nitrogens with one attached hydrogen (secondary N) is 1. The zero-order chi connectivity index (χ0) is 15.6. The molecule has 0 radical (unpaired) electrons. The van der Waals surface area contributed by atoms with E-state index in [4.69, 9.17) is 5.11 Å². The number of aromatic carboxylic acids is 1. The smallest absolute Gasteiger partial charge is 0.335 e. The van der Waals surface area contributed by atoms with Crippen molar-refractivity contribution in [2.75, 3.05) is 18.4 Å². The number of aliphatic hydroxyl groups is 1. The fourth-order valence-corrected chi connectivity index (χ4v) is 2.40. The summed E-state index contributed by atoms with van der Waals surface area (Å²) in [6, 6.07) is 4.37. The lowest BCUT2D eigenvalue weighted by atomic mass is 9.97. The van der Waals surface area contributed by atoms with Gasteiger partial charge in [-0.25, -0.2) is 9.59 Å². The number of likely N-dealkylation sites (tertiary alicyclic amines) is 1. The van der Waals surface area contributed by atoms with Gasteiger partial charge in [0.1, 0.15) is 0 Å². The van der Waals surface area contributed by atoms with E-state index in [-0.39, 0.29) is 23.6 Å². The minimum Gasteiger partial charge on any atom is -0.478 e. The average molecular weight is 292 g/mol. The second-order valence-corrected chi connectivity index (χ2v) is 5.54. The number of nitrogens with zero attached hydrogens (tertiary/aromatic N) is 1. The van der Waals surface area contributed by atoms with Crippen LogP contribution in [0.2, 0.25) is 0 Å². The van der Waals surface area contributed by atoms with Crippen LogP contribution < -0.4 is 5.32 Å². The number of carbonyl (C=O) groups is 2. The number of aryl methyl sites for hydroxylation is 1. The lowest BCUT2D eigenvalue weighted by Crippen LogP contribution is -2.46. The Morgan fingerprint density at radius 2 is 2.10 bits per heavy atom. The zero-order valence-electron chi connectivity index (χ0n) is 12.2. The number of carboxylic acid groups (broad SMARTS) is 1. The SMILES string of the molecule is Cc1ccc(C(=O)O)cc1NC(=O)N1CCC(O)C(C)C1. The van der Waals surface area contributed by atoms with Crippen LogP contribution >= 0.6 is 0 Å². The van der Waals surface area contributed by atoms with E-state index >= 15 is 0 Å². The minimum absolute atomic E-state index is 0.0379. The molecule has 2 rings (SSSR count). The summed E-state index contributed by atoms with van der Waals surface area (Å²) < 4.78 is 0. The first-order chi connectivity index (χ1) is 9.88. The maximum absolute atomic E-state index is 12.2. The molecule has 2 atom stereocenters. The third-order valence-corrected chi connectivity index (χ3v) is 3.87. The average Bonchev–Trinajstić information content (AvgIpc) is 2.43. The number of hydrogen-bond acceptors (Lipinski definition) is 3. The first kappa shape index (κ1) is 15.3. The van der Waals surface area contributed by atoms with Crippen molar-refractivity contribution in [1.29, 1.82) is 0 Å². The van der Waals surface area contributed by atoms with Crippen LogP contribution in [0.4, 0.5) is 10.5 Å². The molecule has 1 aromatic carbocycles. The van der Waals surface area contributed by atoms with Crippen molar-refractivity contribution >= 4 is 17.7 Å². The summed E-state index contributed by atoms with van der Waals surface area (Å²) in [5.41, 5.74) is 1.44. The quantitative estimate of drug-likeness (QED) is 0.777. The zero-order valence-corrected chi connectivity index (χ0v) is 12.2. The molecule has 0 spiro atoms. The van der Waals surface area contributed by atoms with Crippen molar-refractivity contribution in [3.8, 4) is 0 Å². The van der Waals surface area contributed by atoms with Crippen LogP contribution in [0.1, 0.15) is 29.3 Å². The number of carbonyl (C=O) groups excluding carboxylic acids is 1. The van der Waals surface area contributed by atoms with Gasteiger partial charge in [-0.1, -0.05) is 13.0 Å². The van der Waals surface area contributed by atoms with Crippen molar-refractivity contribution in [1.82, 2.24) is 4.90 Å². The van der Waals surface area contributed by atoms with Crippen LogP contribution in [0.5, 0.6) is 0 Å². The molecule has 1 heterocycles. The van der Waals surface area contributed by atoms with E-state index in [0.717, 1.165) is 5.56 Å². The van der Waals surface area contributed by atoms with E-state index in [1.54, 1.807) is 11.0 Å². The summed E-state index contributed by atoms with van der Waals surface area (Å²) >= 11 is 0. The highest BCUT2D eigenvalue weighted by Crippen LogP contribution is 2.20. The standard InChI is InChI=1S/C15H20N2O4/c1-9-3-4-11(14(19)20)7-12(9)16-15(21)17-6-5-13(18)10(2)8-17/h3-4,7,10,13,18H,5-6,8H2,1-2H3,(H,16,21)(H,19,20). The lowest BCUT2D eigenvalue weighted by Gasteiger charge is -2.34. The Bertz CT molecular complexity index is 559. The molecule has 1 aliphatic heterocycles. The number of urea groups is 1. The molecular weight excluding hydrogens is 272 g/mol. The maximum Gasteiger partial charge on any atom is 0.335 e. The van der Waals surface area contributed by atoms with Gasteiger partial charge in [0, 0.05) is 18.8 Å². The molecule has 1 aliphatic rings. The first-order valence-electron chi connectivity index (χ1n) is 6.96. The van der Waals surface area contributed by atoms with Gasteiger partial charge < -0.3 is 20.4 Å². The van der Waals surface area contributed by atoms with Crippen LogP contribution in [-0.4, -0.2) is 46.3 Å². The molecule has 3 N–H and O–H groups in total. The number of rotatable bonds is 2. The van der Waals surface area contributed by atoms with Crippen molar-refractivity contribution in [3.05, 3.63) is 29.3 Å². The van der Waals surface area contributed by atoms with Crippen LogP contribution in [0.3, 0.4) is 0 Å². The third-order valence-electron chi connectivity index (χ3n) is 3.87. The monoisotopic (exact) mass is 292 g/mol. The fourth-order valence-electron chi connectivity index (χ4n) is 2.40. The summed E-state index contributed by atoms with van der Waals surface area (Å²) in [4.78, 5) is 24.9. The summed E-state index contributed by atoms with van der Waals surface area (Å²) in [6.07, 6.45) is 0.189. The maximum atomic E-state index is 12.2. The number of carboxylic acids is 1. The van der Waals surface area contributed by atoms with Crippen LogP contribution in [0, 0.1) is 12.8 Å². The summed E-state index contributed by atoms with van der Waals surface area (Å²) in [5.74, 6) is -0.990. The number of piperidine rings is 1. The number of benzene rings is 1. The molecule has 0 bridgehead atoms. The summed E-state index contributed by atoms with van der Waals surface area (Å²) in [5, 5.41) is 21.4. The Kier molecular flexibility index (Phi) is 4.47. The second kappa shape index (κ2) is 6.13. The van der Waals surface area contributed by atoms with Crippen molar-refractivity contribution in [2.45, 2.75) is 26.4 Å². The number of aliphatic hydroxyl groups excluding tert-OH is 1. The summed E-state index contributed by atoms with van der Waals surface area (Å²) in [7, 11) is 0. The molecular formula is C15H20N2O4. The van der Waals surface area contributed by atoms with E-state index in [1.807, 2.05) is 13.8 Å². The molecule has 1 aromatic rings. The largest absolute Gasteiger partial charge is 0.478 e. The Balaban J connectivity index is 2.09. The predicted molar refractivity (Wildman–Crippen MR) is 78.5 cm³/mol. The molecule has 0 saturated carbocycles. The molecule has 21 heavy (non-hydrogen) atoms. The van der Waals surface area contributed by atoms with E-state index in [9.17, 15) is 14.7 Å². The molecule has 6 nitrogen and oxygen atoms in total. The van der Waals surface area contributed by atoms with E-state index in [0.29, 0.717) is 25.2 Å². The van der Waals surface area contributed by atoms with Crippen LogP contribution in [0.25, 0.3) is 0 Å². The predicted octanol–water partition coefficient (Wildman–Crippen LogP) is 1.93. The van der Waals surface area contributed by atoms with Gasteiger partial charge in [0.15, 0.2) is 0 Å². The lowest BCUT2D eigenvalue weighted by molar-refractivity contribution is 0.0505. The van der Waals surface area contributed by atoms with Crippen molar-refractivity contribution < 1.29 is 19.8 Å². The normalized spacial score (nSPS) is 22.0. The second-order valence-electron chi connectivity index (χ2n) is 5.54. The minimum atomic E-state index is -1.03. The van der Waals surface area contributed by atoms with Crippen LogP contribution in [-0.2, 0) is 0 Å². The van der Waals surface area contributed by atoms with E-state index in [1.165, 1.54) is 12.1 Å². The van der Waals surface area contributed by atoms with E-state index in [2.05, 4.69) is 5.32 Å². The molecule has 0 aliphatic carbocycles. The number of amides is 2. The van der Waals surface area contributed by atoms with Gasteiger partial charge >= 0.3 is 12.0 Å². The highest BCUT2D eigenvalue weighted by Gasteiger charge is 2.27. The Morgan fingerprint density at radius 3 is 2.71 bits per heavy atom. The van der Waals surface area contributed by atoms with Gasteiger partial charge in [0.2, 0.25) is 0 Å². The molecule has 0 aromatic heterocycles. The summed E-state index contributed by atoms with van der Waals surface area (Å²) in [6.45, 7) is 4.70. The molecule has 1 fully saturated rings.